The number of thiophene rings is 1. The predicted molar refractivity (Wildman–Crippen MR) is 75.9 cm³/mol. The summed E-state index contributed by atoms with van der Waals surface area (Å²) in [6.07, 6.45) is 0. The molecule has 2 aromatic rings. The van der Waals surface area contributed by atoms with Crippen LogP contribution in [0.3, 0.4) is 0 Å². The molecule has 2 aromatic heterocycles. The van der Waals surface area contributed by atoms with Crippen molar-refractivity contribution >= 4 is 33.0 Å². The Kier molecular flexibility index (Phi) is 4.29. The normalized spacial score (nSPS) is 12.2. The van der Waals surface area contributed by atoms with Gasteiger partial charge in [0.15, 0.2) is 5.03 Å². The van der Waals surface area contributed by atoms with Gasteiger partial charge in [0.25, 0.3) is 10.0 Å². The van der Waals surface area contributed by atoms with Gasteiger partial charge in [-0.15, -0.1) is 11.6 Å². The molecule has 2 heterocycles. The lowest BCUT2D eigenvalue weighted by Gasteiger charge is -2.15. The highest BCUT2D eigenvalue weighted by molar-refractivity contribution is 7.89. The minimum atomic E-state index is -3.63. The quantitative estimate of drug-likeness (QED) is 0.860. The second-order valence-corrected chi connectivity index (χ2v) is 7.17. The van der Waals surface area contributed by atoms with Gasteiger partial charge in [-0.05, 0) is 29.3 Å². The van der Waals surface area contributed by atoms with Crippen molar-refractivity contribution in [1.29, 1.82) is 0 Å². The summed E-state index contributed by atoms with van der Waals surface area (Å²) in [6, 6.07) is 1.90. The molecule has 104 valence electrons. The third kappa shape index (κ3) is 2.84. The lowest BCUT2D eigenvalue weighted by Crippen LogP contribution is -2.27. The Morgan fingerprint density at radius 3 is 2.84 bits per heavy atom. The van der Waals surface area contributed by atoms with Crippen molar-refractivity contribution in [3.8, 4) is 0 Å². The van der Waals surface area contributed by atoms with Gasteiger partial charge in [0.1, 0.15) is 0 Å². The lowest BCUT2D eigenvalue weighted by atomic mass is 10.3. The number of H-pyrrole nitrogens is 1. The number of nitrogens with one attached hydrogen (secondary N) is 1. The first-order valence-corrected chi connectivity index (χ1v) is 8.45. The molecule has 5 nitrogen and oxygen atoms in total. The standard InChI is InChI=1S/C11H14ClN3O2S2/c1-8-10(5-12)11(14-13-8)19(16,17)15(2)6-9-3-4-18-7-9/h3-4,7H,5-6H2,1-2H3,(H,13,14). The minimum absolute atomic E-state index is 0.0118. The number of halogens is 1. The second-order valence-electron chi connectivity index (χ2n) is 4.16. The first-order chi connectivity index (χ1) is 8.96. The Morgan fingerprint density at radius 1 is 1.53 bits per heavy atom. The molecule has 8 heteroatoms. The van der Waals surface area contributed by atoms with Gasteiger partial charge >= 0.3 is 0 Å². The Hall–Kier alpha value is -0.890. The summed E-state index contributed by atoms with van der Waals surface area (Å²) in [5.74, 6) is 0.114. The van der Waals surface area contributed by atoms with Crippen LogP contribution < -0.4 is 0 Å². The number of hydrogen-bond acceptors (Lipinski definition) is 4. The summed E-state index contributed by atoms with van der Waals surface area (Å²) in [5, 5.41) is 10.4. The van der Waals surface area contributed by atoms with Crippen LogP contribution in [0, 0.1) is 6.92 Å². The van der Waals surface area contributed by atoms with E-state index >= 15 is 0 Å². The summed E-state index contributed by atoms with van der Waals surface area (Å²) in [6.45, 7) is 2.07. The number of aryl methyl sites for hydroxylation is 1. The first-order valence-electron chi connectivity index (χ1n) is 5.54. The van der Waals surface area contributed by atoms with Crippen LogP contribution in [-0.2, 0) is 22.4 Å². The maximum atomic E-state index is 12.4. The van der Waals surface area contributed by atoms with Gasteiger partial charge in [0.2, 0.25) is 0 Å². The topological polar surface area (TPSA) is 66.1 Å². The molecule has 0 spiro atoms. The molecule has 0 bridgehead atoms. The number of aromatic nitrogens is 2. The largest absolute Gasteiger partial charge is 0.281 e. The van der Waals surface area contributed by atoms with E-state index in [0.29, 0.717) is 17.8 Å². The van der Waals surface area contributed by atoms with Crippen molar-refractivity contribution in [1.82, 2.24) is 14.5 Å². The van der Waals surface area contributed by atoms with E-state index in [1.807, 2.05) is 16.8 Å². The molecule has 0 aliphatic carbocycles. The summed E-state index contributed by atoms with van der Waals surface area (Å²) < 4.78 is 26.2. The van der Waals surface area contributed by atoms with Gasteiger partial charge in [0.05, 0.1) is 5.88 Å². The summed E-state index contributed by atoms with van der Waals surface area (Å²) in [7, 11) is -2.09. The lowest BCUT2D eigenvalue weighted by molar-refractivity contribution is 0.463. The molecule has 0 amide bonds. The molecule has 0 saturated heterocycles. The second kappa shape index (κ2) is 5.62. The molecule has 0 atom stereocenters. The predicted octanol–water partition coefficient (Wildman–Crippen LogP) is 2.34. The van der Waals surface area contributed by atoms with E-state index in [1.165, 1.54) is 22.7 Å². The third-order valence-corrected chi connectivity index (χ3v) is 5.59. The summed E-state index contributed by atoms with van der Waals surface area (Å²) in [5.41, 5.74) is 2.16. The molecular weight excluding hydrogens is 306 g/mol. The van der Waals surface area contributed by atoms with Crippen molar-refractivity contribution in [3.63, 3.8) is 0 Å². The van der Waals surface area contributed by atoms with Gasteiger partial charge < -0.3 is 0 Å². The third-order valence-electron chi connectivity index (χ3n) is 2.81. The monoisotopic (exact) mass is 319 g/mol. The van der Waals surface area contributed by atoms with Gasteiger partial charge in [-0.3, -0.25) is 5.10 Å². The number of alkyl halides is 1. The van der Waals surface area contributed by atoms with Gasteiger partial charge in [0, 0.05) is 24.8 Å². The zero-order valence-electron chi connectivity index (χ0n) is 10.6. The Labute approximate surface area is 121 Å². The van der Waals surface area contributed by atoms with E-state index < -0.39 is 10.0 Å². The summed E-state index contributed by atoms with van der Waals surface area (Å²) >= 11 is 7.33. The van der Waals surface area contributed by atoms with Crippen molar-refractivity contribution in [3.05, 3.63) is 33.6 Å². The van der Waals surface area contributed by atoms with E-state index in [1.54, 1.807) is 6.92 Å². The van der Waals surface area contributed by atoms with E-state index in [9.17, 15) is 8.42 Å². The summed E-state index contributed by atoms with van der Waals surface area (Å²) in [4.78, 5) is 0. The fourth-order valence-corrected chi connectivity index (χ4v) is 4.05. The van der Waals surface area contributed by atoms with Crippen LogP contribution in [0.2, 0.25) is 0 Å². The smallest absolute Gasteiger partial charge is 0.262 e. The van der Waals surface area contributed by atoms with Crippen LogP contribution in [-0.4, -0.2) is 30.0 Å². The maximum Gasteiger partial charge on any atom is 0.262 e. The number of hydrogen-bond donors (Lipinski definition) is 1. The molecule has 0 saturated carbocycles. The maximum absolute atomic E-state index is 12.4. The van der Waals surface area contributed by atoms with Gasteiger partial charge in [-0.1, -0.05) is 0 Å². The highest BCUT2D eigenvalue weighted by Gasteiger charge is 2.27. The fourth-order valence-electron chi connectivity index (χ4n) is 1.67. The Balaban J connectivity index is 2.31. The van der Waals surface area contributed by atoms with Crippen LogP contribution >= 0.6 is 22.9 Å². The van der Waals surface area contributed by atoms with Crippen LogP contribution in [0.1, 0.15) is 16.8 Å². The Morgan fingerprint density at radius 2 is 2.26 bits per heavy atom. The van der Waals surface area contributed by atoms with Crippen molar-refractivity contribution in [2.24, 2.45) is 0 Å². The van der Waals surface area contributed by atoms with E-state index in [4.69, 9.17) is 11.6 Å². The molecule has 19 heavy (non-hydrogen) atoms. The molecule has 0 aromatic carbocycles. The minimum Gasteiger partial charge on any atom is -0.281 e. The van der Waals surface area contributed by atoms with E-state index in [2.05, 4.69) is 10.2 Å². The SMILES string of the molecule is Cc1[nH]nc(S(=O)(=O)N(C)Cc2ccsc2)c1CCl. The number of rotatable bonds is 5. The van der Waals surface area contributed by atoms with Crippen LogP contribution in [0.15, 0.2) is 21.9 Å². The van der Waals surface area contributed by atoms with Crippen molar-refractivity contribution in [2.75, 3.05) is 7.05 Å². The number of nitrogens with zero attached hydrogens (tertiary/aromatic N) is 2. The first kappa shape index (κ1) is 14.5. The number of aromatic amines is 1. The van der Waals surface area contributed by atoms with Crippen LogP contribution in [0.25, 0.3) is 0 Å². The number of sulfonamides is 1. The zero-order chi connectivity index (χ0) is 14.0. The zero-order valence-corrected chi connectivity index (χ0v) is 12.9. The highest BCUT2D eigenvalue weighted by atomic mass is 35.5. The molecule has 0 fully saturated rings. The highest BCUT2D eigenvalue weighted by Crippen LogP contribution is 2.22. The molecule has 0 aliphatic heterocycles. The van der Waals surface area contributed by atoms with E-state index in [0.717, 1.165) is 5.56 Å². The molecule has 0 aliphatic rings. The van der Waals surface area contributed by atoms with Gasteiger partial charge in [-0.2, -0.15) is 20.7 Å². The molecule has 0 radical (unpaired) electrons. The molecule has 1 N–H and O–H groups in total. The van der Waals surface area contributed by atoms with Crippen LogP contribution in [0.4, 0.5) is 0 Å². The van der Waals surface area contributed by atoms with Crippen LogP contribution in [0.5, 0.6) is 0 Å². The average Bonchev–Trinajstić information content (AvgIpc) is 2.98. The van der Waals surface area contributed by atoms with E-state index in [-0.39, 0.29) is 10.9 Å². The molecule has 0 unspecified atom stereocenters. The average molecular weight is 320 g/mol. The van der Waals surface area contributed by atoms with Crippen molar-refractivity contribution < 1.29 is 8.42 Å². The fraction of sp³-hybridized carbons (Fsp3) is 0.364. The molecule has 2 rings (SSSR count). The van der Waals surface area contributed by atoms with Crippen molar-refractivity contribution in [2.45, 2.75) is 24.4 Å². The Bertz CT molecular complexity index is 650. The van der Waals surface area contributed by atoms with Gasteiger partial charge in [-0.25, -0.2) is 8.42 Å². The molecular formula is C11H14ClN3O2S2.